The van der Waals surface area contributed by atoms with Crippen molar-refractivity contribution in [1.82, 2.24) is 9.62 Å². The van der Waals surface area contributed by atoms with Gasteiger partial charge in [0.1, 0.15) is 0 Å². The van der Waals surface area contributed by atoms with Gasteiger partial charge in [0.2, 0.25) is 15.9 Å². The highest BCUT2D eigenvalue weighted by molar-refractivity contribution is 7.89. The van der Waals surface area contributed by atoms with Crippen LogP contribution in [0.4, 0.5) is 0 Å². The fourth-order valence-electron chi connectivity index (χ4n) is 3.58. The van der Waals surface area contributed by atoms with Crippen LogP contribution in [0.3, 0.4) is 0 Å². The highest BCUT2D eigenvalue weighted by atomic mass is 32.2. The van der Waals surface area contributed by atoms with Crippen LogP contribution in [-0.4, -0.2) is 54.6 Å². The minimum atomic E-state index is -3.21. The number of carbonyl (C=O) groups is 2. The number of sulfonamides is 1. The first-order chi connectivity index (χ1) is 11.3. The molecule has 1 aliphatic carbocycles. The van der Waals surface area contributed by atoms with E-state index < -0.39 is 21.9 Å². The molecule has 0 aromatic carbocycles. The molecular formula is C16H28N2O5S. The van der Waals surface area contributed by atoms with E-state index in [2.05, 4.69) is 5.32 Å². The number of piperidine rings is 1. The number of nitrogens with one attached hydrogen (secondary N) is 1. The summed E-state index contributed by atoms with van der Waals surface area (Å²) in [6, 6.07) is -0.290. The summed E-state index contributed by atoms with van der Waals surface area (Å²) >= 11 is 0. The van der Waals surface area contributed by atoms with Gasteiger partial charge in [-0.2, -0.15) is 0 Å². The molecule has 24 heavy (non-hydrogen) atoms. The Labute approximate surface area is 143 Å². The summed E-state index contributed by atoms with van der Waals surface area (Å²) in [6.07, 6.45) is 4.62. The van der Waals surface area contributed by atoms with Crippen molar-refractivity contribution in [2.45, 2.75) is 57.9 Å². The largest absolute Gasteiger partial charge is 0.481 e. The van der Waals surface area contributed by atoms with Gasteiger partial charge in [-0.05, 0) is 32.1 Å². The number of carbonyl (C=O) groups excluding carboxylic acids is 1. The summed E-state index contributed by atoms with van der Waals surface area (Å²) in [5.41, 5.74) is 0. The monoisotopic (exact) mass is 360 g/mol. The zero-order valence-electron chi connectivity index (χ0n) is 14.2. The fraction of sp³-hybridized carbons (Fsp3) is 0.875. The van der Waals surface area contributed by atoms with Crippen LogP contribution in [0.2, 0.25) is 0 Å². The third-order valence-corrected chi connectivity index (χ3v) is 7.09. The van der Waals surface area contributed by atoms with Crippen molar-refractivity contribution in [3.05, 3.63) is 0 Å². The summed E-state index contributed by atoms with van der Waals surface area (Å²) in [5.74, 6) is -1.53. The lowest BCUT2D eigenvalue weighted by Crippen LogP contribution is -2.47. The van der Waals surface area contributed by atoms with E-state index in [1.807, 2.05) is 6.92 Å². The Morgan fingerprint density at radius 3 is 2.42 bits per heavy atom. The zero-order valence-corrected chi connectivity index (χ0v) is 15.1. The average molecular weight is 360 g/mol. The molecule has 0 bridgehead atoms. The standard InChI is InChI=1S/C16H28N2O5S/c1-2-3-11-24(22,23)18-9-7-12(8-10-18)15(19)17-14-6-4-5-13(14)16(20)21/h12-14H,2-11H2,1H3,(H,17,19)(H,20,21)/t13-,14+/m0/s1. The average Bonchev–Trinajstić information content (AvgIpc) is 3.01. The first-order valence-corrected chi connectivity index (χ1v) is 10.5. The van der Waals surface area contributed by atoms with Crippen LogP contribution >= 0.6 is 0 Å². The van der Waals surface area contributed by atoms with E-state index in [9.17, 15) is 23.1 Å². The Morgan fingerprint density at radius 2 is 1.83 bits per heavy atom. The molecular weight excluding hydrogens is 332 g/mol. The minimum Gasteiger partial charge on any atom is -0.481 e. The molecule has 1 heterocycles. The lowest BCUT2D eigenvalue weighted by Gasteiger charge is -2.31. The van der Waals surface area contributed by atoms with Gasteiger partial charge in [0.25, 0.3) is 0 Å². The van der Waals surface area contributed by atoms with Crippen LogP contribution in [0.15, 0.2) is 0 Å². The maximum absolute atomic E-state index is 12.4. The zero-order chi connectivity index (χ0) is 17.7. The van der Waals surface area contributed by atoms with Crippen LogP contribution in [-0.2, 0) is 19.6 Å². The molecule has 1 aliphatic heterocycles. The molecule has 2 rings (SSSR count). The molecule has 2 N–H and O–H groups in total. The van der Waals surface area contributed by atoms with Crippen LogP contribution in [0.5, 0.6) is 0 Å². The smallest absolute Gasteiger partial charge is 0.308 e. The molecule has 0 unspecified atom stereocenters. The molecule has 0 aromatic rings. The predicted molar refractivity (Wildman–Crippen MR) is 89.9 cm³/mol. The Hall–Kier alpha value is -1.15. The number of amides is 1. The van der Waals surface area contributed by atoms with Crippen LogP contribution < -0.4 is 5.32 Å². The molecule has 1 saturated carbocycles. The molecule has 0 aromatic heterocycles. The second kappa shape index (κ2) is 8.29. The number of unbranched alkanes of at least 4 members (excludes halogenated alkanes) is 1. The first-order valence-electron chi connectivity index (χ1n) is 8.86. The Balaban J connectivity index is 1.83. The van der Waals surface area contributed by atoms with E-state index in [0.717, 1.165) is 12.8 Å². The molecule has 2 fully saturated rings. The second-order valence-corrected chi connectivity index (χ2v) is 8.92. The second-order valence-electron chi connectivity index (χ2n) is 6.83. The molecule has 8 heteroatoms. The number of rotatable bonds is 7. The number of carboxylic acid groups (broad SMARTS) is 1. The number of hydrogen-bond acceptors (Lipinski definition) is 4. The van der Waals surface area contributed by atoms with Gasteiger partial charge in [0, 0.05) is 25.0 Å². The molecule has 0 spiro atoms. The Kier molecular flexibility index (Phi) is 6.62. The van der Waals surface area contributed by atoms with Crippen LogP contribution in [0.1, 0.15) is 51.9 Å². The van der Waals surface area contributed by atoms with Gasteiger partial charge in [-0.25, -0.2) is 12.7 Å². The molecule has 1 saturated heterocycles. The van der Waals surface area contributed by atoms with E-state index in [1.54, 1.807) is 0 Å². The lowest BCUT2D eigenvalue weighted by atomic mass is 9.95. The van der Waals surface area contributed by atoms with Gasteiger partial charge in [-0.3, -0.25) is 9.59 Å². The van der Waals surface area contributed by atoms with Crippen molar-refractivity contribution in [2.75, 3.05) is 18.8 Å². The van der Waals surface area contributed by atoms with Crippen LogP contribution in [0, 0.1) is 11.8 Å². The molecule has 0 radical (unpaired) electrons. The highest BCUT2D eigenvalue weighted by Gasteiger charge is 2.36. The highest BCUT2D eigenvalue weighted by Crippen LogP contribution is 2.27. The van der Waals surface area contributed by atoms with E-state index in [1.165, 1.54) is 4.31 Å². The summed E-state index contributed by atoms with van der Waals surface area (Å²) in [6.45, 7) is 2.70. The van der Waals surface area contributed by atoms with Gasteiger partial charge in [0.05, 0.1) is 11.7 Å². The topological polar surface area (TPSA) is 104 Å². The van der Waals surface area contributed by atoms with E-state index in [0.29, 0.717) is 45.2 Å². The SMILES string of the molecule is CCCCS(=O)(=O)N1CCC(C(=O)N[C@@H]2CCC[C@@H]2C(=O)O)CC1. The minimum absolute atomic E-state index is 0.126. The summed E-state index contributed by atoms with van der Waals surface area (Å²) in [7, 11) is -3.21. The van der Waals surface area contributed by atoms with Crippen LogP contribution in [0.25, 0.3) is 0 Å². The maximum Gasteiger partial charge on any atom is 0.308 e. The number of carboxylic acids is 1. The molecule has 2 aliphatic rings. The summed E-state index contributed by atoms with van der Waals surface area (Å²) in [4.78, 5) is 23.6. The molecule has 7 nitrogen and oxygen atoms in total. The molecule has 1 amide bonds. The van der Waals surface area contributed by atoms with E-state index in [4.69, 9.17) is 0 Å². The van der Waals surface area contributed by atoms with E-state index >= 15 is 0 Å². The third kappa shape index (κ3) is 4.69. The van der Waals surface area contributed by atoms with Gasteiger partial charge >= 0.3 is 5.97 Å². The fourth-order valence-corrected chi connectivity index (χ4v) is 5.26. The lowest BCUT2D eigenvalue weighted by molar-refractivity contribution is -0.142. The normalized spacial score (nSPS) is 26.4. The Bertz CT molecular complexity index is 555. The number of aliphatic carboxylic acids is 1. The van der Waals surface area contributed by atoms with Crippen molar-refractivity contribution >= 4 is 21.9 Å². The number of nitrogens with zero attached hydrogens (tertiary/aromatic N) is 1. The molecule has 2 atom stereocenters. The Morgan fingerprint density at radius 1 is 1.17 bits per heavy atom. The first kappa shape index (κ1) is 19.2. The van der Waals surface area contributed by atoms with Gasteiger partial charge in [-0.15, -0.1) is 0 Å². The number of hydrogen-bond donors (Lipinski definition) is 2. The van der Waals surface area contributed by atoms with Gasteiger partial charge in [-0.1, -0.05) is 19.8 Å². The third-order valence-electron chi connectivity index (χ3n) is 5.13. The summed E-state index contributed by atoms with van der Waals surface area (Å²) < 4.78 is 25.8. The molecule has 138 valence electrons. The summed E-state index contributed by atoms with van der Waals surface area (Å²) in [5, 5.41) is 12.1. The van der Waals surface area contributed by atoms with Crippen molar-refractivity contribution < 1.29 is 23.1 Å². The van der Waals surface area contributed by atoms with Gasteiger partial charge in [0.15, 0.2) is 0 Å². The predicted octanol–water partition coefficient (Wildman–Crippen LogP) is 1.20. The van der Waals surface area contributed by atoms with Crippen molar-refractivity contribution in [3.63, 3.8) is 0 Å². The van der Waals surface area contributed by atoms with E-state index in [-0.39, 0.29) is 23.6 Å². The quantitative estimate of drug-likeness (QED) is 0.710. The van der Waals surface area contributed by atoms with Gasteiger partial charge < -0.3 is 10.4 Å². The maximum atomic E-state index is 12.4. The van der Waals surface area contributed by atoms with Crippen molar-refractivity contribution in [2.24, 2.45) is 11.8 Å². The van der Waals surface area contributed by atoms with Crippen molar-refractivity contribution in [1.29, 1.82) is 0 Å². The van der Waals surface area contributed by atoms with Crippen molar-refractivity contribution in [3.8, 4) is 0 Å².